The second-order valence-electron chi connectivity index (χ2n) is 6.16. The number of urea groups is 1. The molecule has 2 amide bonds. The van der Waals surface area contributed by atoms with E-state index in [2.05, 4.69) is 0 Å². The zero-order valence-electron chi connectivity index (χ0n) is 12.5. The Morgan fingerprint density at radius 3 is 2.11 bits per heavy atom. The topological polar surface area (TPSA) is 60.9 Å². The van der Waals surface area contributed by atoms with E-state index in [9.17, 15) is 9.59 Å². The van der Waals surface area contributed by atoms with Gasteiger partial charge in [-0.2, -0.15) is 0 Å². The number of aliphatic carboxylic acids is 1. The molecule has 110 valence electrons. The Morgan fingerprint density at radius 1 is 1.21 bits per heavy atom. The van der Waals surface area contributed by atoms with E-state index in [1.54, 1.807) is 0 Å². The smallest absolute Gasteiger partial charge is 0.323 e. The van der Waals surface area contributed by atoms with Gasteiger partial charge in [-0.1, -0.05) is 12.8 Å². The highest BCUT2D eigenvalue weighted by Gasteiger charge is 2.34. The number of carboxylic acids is 1. The van der Waals surface area contributed by atoms with Crippen molar-refractivity contribution < 1.29 is 14.7 Å². The van der Waals surface area contributed by atoms with Gasteiger partial charge in [0.15, 0.2) is 0 Å². The predicted octanol–water partition coefficient (Wildman–Crippen LogP) is 2.56. The molecule has 0 heterocycles. The SMILES string of the molecule is CCN(C(=O)N(CC(=O)O)C(C)(C)C)C1CCCC1. The van der Waals surface area contributed by atoms with E-state index in [1.165, 1.54) is 4.90 Å². The van der Waals surface area contributed by atoms with Crippen LogP contribution in [0.15, 0.2) is 0 Å². The highest BCUT2D eigenvalue weighted by Crippen LogP contribution is 2.26. The second-order valence-corrected chi connectivity index (χ2v) is 6.16. The first kappa shape index (κ1) is 15.8. The largest absolute Gasteiger partial charge is 0.480 e. The van der Waals surface area contributed by atoms with Gasteiger partial charge in [-0.15, -0.1) is 0 Å². The summed E-state index contributed by atoms with van der Waals surface area (Å²) in [6.45, 7) is 7.96. The minimum Gasteiger partial charge on any atom is -0.480 e. The van der Waals surface area contributed by atoms with E-state index < -0.39 is 11.5 Å². The Labute approximate surface area is 115 Å². The van der Waals surface area contributed by atoms with Gasteiger partial charge < -0.3 is 14.9 Å². The Hall–Kier alpha value is -1.26. The maximum atomic E-state index is 12.6. The van der Waals surface area contributed by atoms with Crippen molar-refractivity contribution in [2.45, 2.75) is 65.0 Å². The molecule has 0 aromatic rings. The summed E-state index contributed by atoms with van der Waals surface area (Å²) in [4.78, 5) is 26.9. The highest BCUT2D eigenvalue weighted by atomic mass is 16.4. The van der Waals surface area contributed by atoms with Crippen molar-refractivity contribution in [3.63, 3.8) is 0 Å². The van der Waals surface area contributed by atoms with Gasteiger partial charge in [0.05, 0.1) is 0 Å². The Balaban J connectivity index is 2.86. The van der Waals surface area contributed by atoms with Crippen LogP contribution in [-0.2, 0) is 4.79 Å². The molecule has 1 saturated carbocycles. The predicted molar refractivity (Wildman–Crippen MR) is 74.1 cm³/mol. The van der Waals surface area contributed by atoms with Crippen LogP contribution in [0.3, 0.4) is 0 Å². The van der Waals surface area contributed by atoms with E-state index in [0.717, 1.165) is 25.7 Å². The fourth-order valence-electron chi connectivity index (χ4n) is 2.65. The third kappa shape index (κ3) is 4.11. The van der Waals surface area contributed by atoms with Gasteiger partial charge in [0.1, 0.15) is 6.54 Å². The molecule has 0 unspecified atom stereocenters. The summed E-state index contributed by atoms with van der Waals surface area (Å²) >= 11 is 0. The first-order valence-corrected chi connectivity index (χ1v) is 7.07. The number of rotatable bonds is 4. The Morgan fingerprint density at radius 2 is 1.74 bits per heavy atom. The second kappa shape index (κ2) is 6.26. The first-order chi connectivity index (χ1) is 8.77. The molecule has 0 saturated heterocycles. The summed E-state index contributed by atoms with van der Waals surface area (Å²) in [5.41, 5.74) is -0.485. The van der Waals surface area contributed by atoms with Crippen LogP contribution in [0.25, 0.3) is 0 Å². The quantitative estimate of drug-likeness (QED) is 0.854. The summed E-state index contributed by atoms with van der Waals surface area (Å²) in [6.07, 6.45) is 4.38. The maximum absolute atomic E-state index is 12.6. The number of amides is 2. The first-order valence-electron chi connectivity index (χ1n) is 7.07. The molecule has 0 atom stereocenters. The number of hydrogen-bond acceptors (Lipinski definition) is 2. The number of carboxylic acid groups (broad SMARTS) is 1. The highest BCUT2D eigenvalue weighted by molar-refractivity contribution is 5.81. The molecule has 1 N–H and O–H groups in total. The number of carbonyl (C=O) groups is 2. The van der Waals surface area contributed by atoms with Crippen LogP contribution in [-0.4, -0.2) is 51.6 Å². The molecule has 1 aliphatic carbocycles. The van der Waals surface area contributed by atoms with Crippen LogP contribution in [0.4, 0.5) is 4.79 Å². The van der Waals surface area contributed by atoms with Crippen LogP contribution in [0, 0.1) is 0 Å². The molecular formula is C14H26N2O3. The summed E-state index contributed by atoms with van der Waals surface area (Å²) < 4.78 is 0. The average Bonchev–Trinajstić information content (AvgIpc) is 2.78. The summed E-state index contributed by atoms with van der Waals surface area (Å²) in [7, 11) is 0. The standard InChI is InChI=1S/C14H26N2O3/c1-5-15(11-8-6-7-9-11)13(19)16(10-12(17)18)14(2,3)4/h11H,5-10H2,1-4H3,(H,17,18). The van der Waals surface area contributed by atoms with Gasteiger partial charge in [-0.3, -0.25) is 4.79 Å². The van der Waals surface area contributed by atoms with E-state index in [0.29, 0.717) is 6.54 Å². The fourth-order valence-corrected chi connectivity index (χ4v) is 2.65. The molecular weight excluding hydrogens is 244 g/mol. The summed E-state index contributed by atoms with van der Waals surface area (Å²) in [6, 6.07) is 0.125. The zero-order valence-corrected chi connectivity index (χ0v) is 12.5. The van der Waals surface area contributed by atoms with Crippen molar-refractivity contribution in [1.82, 2.24) is 9.80 Å². The lowest BCUT2D eigenvalue weighted by Gasteiger charge is -2.40. The van der Waals surface area contributed by atoms with E-state index >= 15 is 0 Å². The van der Waals surface area contributed by atoms with Gasteiger partial charge in [0, 0.05) is 18.1 Å². The third-order valence-corrected chi connectivity index (χ3v) is 3.69. The van der Waals surface area contributed by atoms with E-state index in [4.69, 9.17) is 5.11 Å². The van der Waals surface area contributed by atoms with Crippen LogP contribution >= 0.6 is 0 Å². The molecule has 1 aliphatic rings. The molecule has 19 heavy (non-hydrogen) atoms. The monoisotopic (exact) mass is 270 g/mol. The molecule has 0 aromatic carbocycles. The molecule has 5 heteroatoms. The van der Waals surface area contributed by atoms with Crippen molar-refractivity contribution in [3.8, 4) is 0 Å². The summed E-state index contributed by atoms with van der Waals surface area (Å²) in [5, 5.41) is 9.00. The lowest BCUT2D eigenvalue weighted by Crippen LogP contribution is -2.55. The van der Waals surface area contributed by atoms with E-state index in [-0.39, 0.29) is 18.6 Å². The van der Waals surface area contributed by atoms with Gasteiger partial charge in [0.2, 0.25) is 0 Å². The normalized spacial score (nSPS) is 16.4. The van der Waals surface area contributed by atoms with Crippen molar-refractivity contribution >= 4 is 12.0 Å². The number of hydrogen-bond donors (Lipinski definition) is 1. The zero-order chi connectivity index (χ0) is 14.6. The van der Waals surface area contributed by atoms with Gasteiger partial charge in [-0.05, 0) is 40.5 Å². The van der Waals surface area contributed by atoms with E-state index in [1.807, 2.05) is 32.6 Å². The van der Waals surface area contributed by atoms with Crippen molar-refractivity contribution in [3.05, 3.63) is 0 Å². The number of nitrogens with zero attached hydrogens (tertiary/aromatic N) is 2. The molecule has 1 fully saturated rings. The van der Waals surface area contributed by atoms with Crippen LogP contribution in [0.5, 0.6) is 0 Å². The van der Waals surface area contributed by atoms with Gasteiger partial charge >= 0.3 is 12.0 Å². The van der Waals surface area contributed by atoms with Crippen LogP contribution in [0.1, 0.15) is 53.4 Å². The van der Waals surface area contributed by atoms with Gasteiger partial charge in [0.25, 0.3) is 0 Å². The van der Waals surface area contributed by atoms with Crippen LogP contribution in [0.2, 0.25) is 0 Å². The molecule has 0 aliphatic heterocycles. The molecule has 1 rings (SSSR count). The molecule has 5 nitrogen and oxygen atoms in total. The van der Waals surface area contributed by atoms with Crippen molar-refractivity contribution in [2.75, 3.05) is 13.1 Å². The minimum atomic E-state index is -0.967. The lowest BCUT2D eigenvalue weighted by atomic mass is 10.1. The van der Waals surface area contributed by atoms with Crippen LogP contribution < -0.4 is 0 Å². The molecule has 0 spiro atoms. The Bertz CT molecular complexity index is 330. The summed E-state index contributed by atoms with van der Waals surface area (Å²) in [5.74, 6) is -0.967. The van der Waals surface area contributed by atoms with Crippen molar-refractivity contribution in [2.24, 2.45) is 0 Å². The average molecular weight is 270 g/mol. The molecule has 0 aromatic heterocycles. The maximum Gasteiger partial charge on any atom is 0.323 e. The van der Waals surface area contributed by atoms with Crippen molar-refractivity contribution in [1.29, 1.82) is 0 Å². The number of carbonyl (C=O) groups excluding carboxylic acids is 1. The molecule has 0 radical (unpaired) electrons. The van der Waals surface area contributed by atoms with Gasteiger partial charge in [-0.25, -0.2) is 4.79 Å². The third-order valence-electron chi connectivity index (χ3n) is 3.69. The minimum absolute atomic E-state index is 0.149. The Kier molecular flexibility index (Phi) is 5.20. The molecule has 0 bridgehead atoms. The lowest BCUT2D eigenvalue weighted by molar-refractivity contribution is -0.138. The fraction of sp³-hybridized carbons (Fsp3) is 0.857.